The Kier molecular flexibility index (Phi) is 3.22. The van der Waals surface area contributed by atoms with E-state index in [1.165, 1.54) is 0 Å². The van der Waals surface area contributed by atoms with Crippen LogP contribution in [0, 0.1) is 11.3 Å². The number of rotatable bonds is 2. The number of nitrogens with zero attached hydrogens (tertiary/aromatic N) is 1. The maximum atomic E-state index is 12.3. The number of nitrogens with one attached hydrogen (secondary N) is 1. The van der Waals surface area contributed by atoms with E-state index in [-0.39, 0.29) is 17.4 Å². The molecule has 0 radical (unpaired) electrons. The average molecular weight is 226 g/mol. The van der Waals surface area contributed by atoms with Gasteiger partial charge in [-0.3, -0.25) is 4.79 Å². The van der Waals surface area contributed by atoms with Crippen molar-refractivity contribution in [2.75, 3.05) is 26.2 Å². The summed E-state index contributed by atoms with van der Waals surface area (Å²) in [4.78, 5) is 14.1. The number of aliphatic hydroxyl groups excluding tert-OH is 1. The van der Waals surface area contributed by atoms with Crippen LogP contribution in [-0.2, 0) is 4.79 Å². The number of carbonyl (C=O) groups is 1. The zero-order chi connectivity index (χ0) is 11.8. The number of hydrogen-bond acceptors (Lipinski definition) is 3. The molecule has 16 heavy (non-hydrogen) atoms. The third-order valence-electron chi connectivity index (χ3n) is 4.02. The molecule has 92 valence electrons. The highest BCUT2D eigenvalue weighted by molar-refractivity contribution is 5.83. The molecule has 0 bridgehead atoms. The number of likely N-dealkylation sites (tertiary alicyclic amines) is 1. The van der Waals surface area contributed by atoms with Crippen LogP contribution in [-0.4, -0.2) is 48.2 Å². The lowest BCUT2D eigenvalue weighted by Gasteiger charge is -2.44. The lowest BCUT2D eigenvalue weighted by Crippen LogP contribution is -2.59. The topological polar surface area (TPSA) is 52.6 Å². The van der Waals surface area contributed by atoms with Crippen molar-refractivity contribution < 1.29 is 9.90 Å². The quantitative estimate of drug-likeness (QED) is 0.708. The van der Waals surface area contributed by atoms with Crippen LogP contribution in [0.5, 0.6) is 0 Å². The molecule has 0 aromatic heterocycles. The van der Waals surface area contributed by atoms with Gasteiger partial charge in [0, 0.05) is 18.5 Å². The number of piperidine rings is 1. The van der Waals surface area contributed by atoms with Crippen LogP contribution in [0.25, 0.3) is 0 Å². The van der Waals surface area contributed by atoms with Crippen molar-refractivity contribution in [3.8, 4) is 0 Å². The van der Waals surface area contributed by atoms with Crippen LogP contribution in [0.15, 0.2) is 0 Å². The summed E-state index contributed by atoms with van der Waals surface area (Å²) in [5.74, 6) is 0.623. The van der Waals surface area contributed by atoms with Crippen molar-refractivity contribution in [3.05, 3.63) is 0 Å². The van der Waals surface area contributed by atoms with E-state index in [9.17, 15) is 9.90 Å². The van der Waals surface area contributed by atoms with Crippen molar-refractivity contribution in [2.24, 2.45) is 11.3 Å². The van der Waals surface area contributed by atoms with E-state index < -0.39 is 0 Å². The SMILES string of the molecule is CC(C)(C(=O)N1CC(O)C1)C1CCCNC1. The van der Waals surface area contributed by atoms with Gasteiger partial charge in [0.05, 0.1) is 6.10 Å². The van der Waals surface area contributed by atoms with Gasteiger partial charge in [-0.2, -0.15) is 0 Å². The fraction of sp³-hybridized carbons (Fsp3) is 0.917. The van der Waals surface area contributed by atoms with Gasteiger partial charge in [0.15, 0.2) is 0 Å². The fourth-order valence-corrected chi connectivity index (χ4v) is 2.67. The van der Waals surface area contributed by atoms with Crippen LogP contribution in [0.4, 0.5) is 0 Å². The van der Waals surface area contributed by atoms with Gasteiger partial charge >= 0.3 is 0 Å². The van der Waals surface area contributed by atoms with Gasteiger partial charge in [0.2, 0.25) is 5.91 Å². The summed E-state index contributed by atoms with van der Waals surface area (Å²) in [6, 6.07) is 0. The van der Waals surface area contributed by atoms with Crippen LogP contribution in [0.1, 0.15) is 26.7 Å². The number of carbonyl (C=O) groups excluding carboxylic acids is 1. The van der Waals surface area contributed by atoms with E-state index in [1.807, 2.05) is 13.8 Å². The number of amides is 1. The second-order valence-electron chi connectivity index (χ2n) is 5.63. The van der Waals surface area contributed by atoms with E-state index in [4.69, 9.17) is 0 Å². The molecule has 0 saturated carbocycles. The number of hydrogen-bond donors (Lipinski definition) is 2. The summed E-state index contributed by atoms with van der Waals surface area (Å²) in [7, 11) is 0. The molecule has 0 aromatic carbocycles. The summed E-state index contributed by atoms with van der Waals surface area (Å²) in [6.45, 7) is 7.12. The largest absolute Gasteiger partial charge is 0.389 e. The minimum Gasteiger partial charge on any atom is -0.389 e. The van der Waals surface area contributed by atoms with Gasteiger partial charge in [0.1, 0.15) is 0 Å². The highest BCUT2D eigenvalue weighted by atomic mass is 16.3. The van der Waals surface area contributed by atoms with Crippen molar-refractivity contribution in [3.63, 3.8) is 0 Å². The van der Waals surface area contributed by atoms with Crippen LogP contribution < -0.4 is 5.32 Å². The highest BCUT2D eigenvalue weighted by Crippen LogP contribution is 2.34. The molecular weight excluding hydrogens is 204 g/mol. The molecular formula is C12H22N2O2. The normalized spacial score (nSPS) is 27.7. The standard InChI is InChI=1S/C12H22N2O2/c1-12(2,9-4-3-5-13-6-9)11(16)14-7-10(15)8-14/h9-10,13,15H,3-8H2,1-2H3. The second kappa shape index (κ2) is 4.34. The van der Waals surface area contributed by atoms with Gasteiger partial charge in [-0.25, -0.2) is 0 Å². The molecule has 2 aliphatic heterocycles. The molecule has 2 aliphatic rings. The first-order chi connectivity index (χ1) is 7.51. The Hall–Kier alpha value is -0.610. The Morgan fingerprint density at radius 2 is 2.12 bits per heavy atom. The van der Waals surface area contributed by atoms with Crippen molar-refractivity contribution in [2.45, 2.75) is 32.8 Å². The summed E-state index contributed by atoms with van der Waals surface area (Å²) >= 11 is 0. The molecule has 2 saturated heterocycles. The molecule has 4 heteroatoms. The molecule has 2 N–H and O–H groups in total. The van der Waals surface area contributed by atoms with Crippen molar-refractivity contribution >= 4 is 5.91 Å². The van der Waals surface area contributed by atoms with Crippen molar-refractivity contribution in [1.82, 2.24) is 10.2 Å². The molecule has 0 aromatic rings. The van der Waals surface area contributed by atoms with E-state index in [2.05, 4.69) is 5.32 Å². The number of aliphatic hydroxyl groups is 1. The highest BCUT2D eigenvalue weighted by Gasteiger charge is 2.42. The first kappa shape index (κ1) is 11.9. The van der Waals surface area contributed by atoms with E-state index in [1.54, 1.807) is 4.90 Å². The minimum atomic E-state index is -0.302. The predicted octanol–water partition coefficient (Wildman–Crippen LogP) is 0.215. The van der Waals surface area contributed by atoms with E-state index >= 15 is 0 Å². The predicted molar refractivity (Wildman–Crippen MR) is 62.0 cm³/mol. The Balaban J connectivity index is 1.96. The van der Waals surface area contributed by atoms with Gasteiger partial charge < -0.3 is 15.3 Å². The third kappa shape index (κ3) is 2.09. The molecule has 1 atom stereocenters. The maximum Gasteiger partial charge on any atom is 0.228 e. The second-order valence-corrected chi connectivity index (χ2v) is 5.63. The smallest absolute Gasteiger partial charge is 0.228 e. The molecule has 1 unspecified atom stereocenters. The summed E-state index contributed by atoms with van der Waals surface area (Å²) in [5, 5.41) is 12.6. The monoisotopic (exact) mass is 226 g/mol. The average Bonchev–Trinajstić information content (AvgIpc) is 2.25. The summed E-state index contributed by atoms with van der Waals surface area (Å²) < 4.78 is 0. The summed E-state index contributed by atoms with van der Waals surface area (Å²) in [6.07, 6.45) is 1.98. The van der Waals surface area contributed by atoms with Crippen LogP contribution in [0.3, 0.4) is 0 Å². The molecule has 2 fully saturated rings. The number of β-amino-alcohol motifs (C(OH)–C–C–N with tert-alkyl or cyclic N) is 1. The first-order valence-corrected chi connectivity index (χ1v) is 6.20. The van der Waals surface area contributed by atoms with Gasteiger partial charge in [-0.1, -0.05) is 13.8 Å². The Bertz CT molecular complexity index is 266. The Morgan fingerprint density at radius 1 is 1.44 bits per heavy atom. The lowest BCUT2D eigenvalue weighted by molar-refractivity contribution is -0.154. The van der Waals surface area contributed by atoms with Crippen LogP contribution in [0.2, 0.25) is 0 Å². The molecule has 2 rings (SSSR count). The van der Waals surface area contributed by atoms with E-state index in [0.29, 0.717) is 19.0 Å². The fourth-order valence-electron chi connectivity index (χ4n) is 2.67. The van der Waals surface area contributed by atoms with Gasteiger partial charge in [-0.05, 0) is 31.8 Å². The minimum absolute atomic E-state index is 0.200. The zero-order valence-corrected chi connectivity index (χ0v) is 10.2. The molecule has 0 aliphatic carbocycles. The maximum absolute atomic E-state index is 12.3. The van der Waals surface area contributed by atoms with Gasteiger partial charge in [-0.15, -0.1) is 0 Å². The third-order valence-corrected chi connectivity index (χ3v) is 4.02. The Morgan fingerprint density at radius 3 is 2.62 bits per heavy atom. The van der Waals surface area contributed by atoms with Crippen molar-refractivity contribution in [1.29, 1.82) is 0 Å². The lowest BCUT2D eigenvalue weighted by atomic mass is 9.73. The summed E-state index contributed by atoms with van der Waals surface area (Å²) in [5.41, 5.74) is -0.298. The van der Waals surface area contributed by atoms with E-state index in [0.717, 1.165) is 25.9 Å². The van der Waals surface area contributed by atoms with Crippen LogP contribution >= 0.6 is 0 Å². The first-order valence-electron chi connectivity index (χ1n) is 6.20. The Labute approximate surface area is 97.0 Å². The molecule has 0 spiro atoms. The molecule has 4 nitrogen and oxygen atoms in total. The zero-order valence-electron chi connectivity index (χ0n) is 10.2. The van der Waals surface area contributed by atoms with Gasteiger partial charge in [0.25, 0.3) is 0 Å². The molecule has 2 heterocycles. The molecule has 1 amide bonds.